The molecule has 0 saturated carbocycles. The molecule has 2 aromatic carbocycles. The topological polar surface area (TPSA) is 69.0 Å². The van der Waals surface area contributed by atoms with E-state index in [0.29, 0.717) is 17.6 Å². The molecule has 0 bridgehead atoms. The fourth-order valence-corrected chi connectivity index (χ4v) is 3.36. The van der Waals surface area contributed by atoms with Crippen molar-refractivity contribution in [2.75, 3.05) is 5.75 Å². The van der Waals surface area contributed by atoms with E-state index in [1.165, 1.54) is 17.3 Å². The number of amides is 1. The third-order valence-corrected chi connectivity index (χ3v) is 5.34. The Morgan fingerprint density at radius 2 is 1.86 bits per heavy atom. The molecule has 146 valence electrons. The minimum absolute atomic E-state index is 0.0349. The third kappa shape index (κ3) is 5.36. The van der Waals surface area contributed by atoms with Crippen molar-refractivity contribution >= 4 is 17.7 Å². The first-order valence-electron chi connectivity index (χ1n) is 9.08. The van der Waals surface area contributed by atoms with Gasteiger partial charge in [0, 0.05) is 7.05 Å². The molecular weight excluding hydrogens is 372 g/mol. The molecule has 0 aliphatic carbocycles. The Kier molecular flexibility index (Phi) is 6.71. The van der Waals surface area contributed by atoms with Crippen molar-refractivity contribution in [3.63, 3.8) is 0 Å². The second kappa shape index (κ2) is 9.41. The molecular formula is C21H24N4O2S. The van der Waals surface area contributed by atoms with Crippen molar-refractivity contribution in [2.45, 2.75) is 31.7 Å². The second-order valence-corrected chi connectivity index (χ2v) is 7.49. The predicted molar refractivity (Wildman–Crippen MR) is 110 cm³/mol. The molecule has 28 heavy (non-hydrogen) atoms. The number of benzene rings is 2. The van der Waals surface area contributed by atoms with Crippen LogP contribution in [0.3, 0.4) is 0 Å². The SMILES string of the molecule is Cc1ccc(OCc2nnc(SCC(=O)NC(C)c3ccccc3)n2C)cc1. The van der Waals surface area contributed by atoms with Crippen molar-refractivity contribution in [3.05, 3.63) is 71.5 Å². The highest BCUT2D eigenvalue weighted by Gasteiger charge is 2.14. The van der Waals surface area contributed by atoms with Crippen molar-refractivity contribution in [3.8, 4) is 5.75 Å². The standard InChI is InChI=1S/C21H24N4O2S/c1-15-9-11-18(12-10-15)27-13-19-23-24-21(25(19)3)28-14-20(26)22-16(2)17-7-5-4-6-8-17/h4-12,16H,13-14H2,1-3H3,(H,22,26). The van der Waals surface area contributed by atoms with Crippen LogP contribution in [0.1, 0.15) is 29.9 Å². The van der Waals surface area contributed by atoms with Crippen LogP contribution >= 0.6 is 11.8 Å². The summed E-state index contributed by atoms with van der Waals surface area (Å²) in [6.45, 7) is 4.33. The van der Waals surface area contributed by atoms with E-state index in [2.05, 4.69) is 15.5 Å². The van der Waals surface area contributed by atoms with Crippen molar-refractivity contribution in [1.82, 2.24) is 20.1 Å². The summed E-state index contributed by atoms with van der Waals surface area (Å²) in [6, 6.07) is 17.7. The number of carbonyl (C=O) groups is 1. The fraction of sp³-hybridized carbons (Fsp3) is 0.286. The number of ether oxygens (including phenoxy) is 1. The summed E-state index contributed by atoms with van der Waals surface area (Å²) in [5.41, 5.74) is 2.26. The lowest BCUT2D eigenvalue weighted by Gasteiger charge is -2.14. The molecule has 1 aromatic heterocycles. The average molecular weight is 397 g/mol. The van der Waals surface area contributed by atoms with Gasteiger partial charge in [0.15, 0.2) is 11.0 Å². The van der Waals surface area contributed by atoms with Gasteiger partial charge >= 0.3 is 0 Å². The van der Waals surface area contributed by atoms with Gasteiger partial charge in [-0.25, -0.2) is 0 Å². The second-order valence-electron chi connectivity index (χ2n) is 6.55. The first-order chi connectivity index (χ1) is 13.5. The van der Waals surface area contributed by atoms with Crippen LogP contribution in [0, 0.1) is 6.92 Å². The lowest BCUT2D eigenvalue weighted by molar-refractivity contribution is -0.119. The molecule has 6 nitrogen and oxygen atoms in total. The van der Waals surface area contributed by atoms with Crippen LogP contribution in [0.2, 0.25) is 0 Å². The number of thioether (sulfide) groups is 1. The van der Waals surface area contributed by atoms with E-state index in [4.69, 9.17) is 4.74 Å². The van der Waals surface area contributed by atoms with Crippen LogP contribution in [0.15, 0.2) is 59.8 Å². The molecule has 1 amide bonds. The number of aromatic nitrogens is 3. The third-order valence-electron chi connectivity index (χ3n) is 4.32. The zero-order valence-corrected chi connectivity index (χ0v) is 17.1. The van der Waals surface area contributed by atoms with Crippen molar-refractivity contribution in [1.29, 1.82) is 0 Å². The normalized spacial score (nSPS) is 11.8. The maximum absolute atomic E-state index is 12.2. The molecule has 1 N–H and O–H groups in total. The van der Waals surface area contributed by atoms with E-state index in [9.17, 15) is 4.79 Å². The summed E-state index contributed by atoms with van der Waals surface area (Å²) >= 11 is 1.36. The van der Waals surface area contributed by atoms with E-state index >= 15 is 0 Å². The highest BCUT2D eigenvalue weighted by molar-refractivity contribution is 7.99. The summed E-state index contributed by atoms with van der Waals surface area (Å²) in [5.74, 6) is 1.74. The molecule has 3 aromatic rings. The van der Waals surface area contributed by atoms with Gasteiger partial charge in [-0.3, -0.25) is 4.79 Å². The molecule has 0 spiro atoms. The first-order valence-corrected chi connectivity index (χ1v) is 10.1. The van der Waals surface area contributed by atoms with Crippen LogP contribution in [0.4, 0.5) is 0 Å². The Hall–Kier alpha value is -2.80. The molecule has 1 heterocycles. The molecule has 0 aliphatic heterocycles. The minimum atomic E-state index is -0.0400. The molecule has 1 unspecified atom stereocenters. The van der Waals surface area contributed by atoms with E-state index in [1.807, 2.05) is 80.1 Å². The summed E-state index contributed by atoms with van der Waals surface area (Å²) in [7, 11) is 1.88. The summed E-state index contributed by atoms with van der Waals surface area (Å²) in [6.07, 6.45) is 0. The molecule has 0 radical (unpaired) electrons. The number of hydrogen-bond acceptors (Lipinski definition) is 5. The quantitative estimate of drug-likeness (QED) is 0.589. The molecule has 3 rings (SSSR count). The Morgan fingerprint density at radius 1 is 1.14 bits per heavy atom. The van der Waals surface area contributed by atoms with Gasteiger partial charge in [0.2, 0.25) is 5.91 Å². The summed E-state index contributed by atoms with van der Waals surface area (Å²) in [5, 5.41) is 12.0. The number of hydrogen-bond donors (Lipinski definition) is 1. The largest absolute Gasteiger partial charge is 0.486 e. The van der Waals surface area contributed by atoms with Crippen LogP contribution in [-0.4, -0.2) is 26.4 Å². The smallest absolute Gasteiger partial charge is 0.230 e. The number of aryl methyl sites for hydroxylation is 1. The van der Waals surface area contributed by atoms with Crippen molar-refractivity contribution in [2.24, 2.45) is 7.05 Å². The monoisotopic (exact) mass is 396 g/mol. The number of carbonyl (C=O) groups excluding carboxylic acids is 1. The van der Waals surface area contributed by atoms with E-state index < -0.39 is 0 Å². The molecule has 1 atom stereocenters. The Morgan fingerprint density at radius 3 is 2.57 bits per heavy atom. The van der Waals surface area contributed by atoms with Gasteiger partial charge in [-0.05, 0) is 31.5 Å². The maximum Gasteiger partial charge on any atom is 0.230 e. The van der Waals surface area contributed by atoms with Gasteiger partial charge in [-0.2, -0.15) is 0 Å². The van der Waals surface area contributed by atoms with E-state index in [1.54, 1.807) is 0 Å². The molecule has 0 aliphatic rings. The van der Waals surface area contributed by atoms with E-state index in [-0.39, 0.29) is 17.7 Å². The summed E-state index contributed by atoms with van der Waals surface area (Å²) < 4.78 is 7.61. The van der Waals surface area contributed by atoms with Gasteiger partial charge in [0.1, 0.15) is 12.4 Å². The number of nitrogens with one attached hydrogen (secondary N) is 1. The van der Waals surface area contributed by atoms with Gasteiger partial charge < -0.3 is 14.6 Å². The molecule has 0 fully saturated rings. The molecule has 0 saturated heterocycles. The van der Waals surface area contributed by atoms with Crippen LogP contribution in [0.25, 0.3) is 0 Å². The molecule has 7 heteroatoms. The number of nitrogens with zero attached hydrogens (tertiary/aromatic N) is 3. The van der Waals surface area contributed by atoms with Gasteiger partial charge in [0.05, 0.1) is 11.8 Å². The average Bonchev–Trinajstić information content (AvgIpc) is 3.06. The Labute approximate surface area is 169 Å². The minimum Gasteiger partial charge on any atom is -0.486 e. The summed E-state index contributed by atoms with van der Waals surface area (Å²) in [4.78, 5) is 12.2. The Bertz CT molecular complexity index is 910. The van der Waals surface area contributed by atoms with Gasteiger partial charge in [-0.1, -0.05) is 59.8 Å². The van der Waals surface area contributed by atoms with Crippen LogP contribution < -0.4 is 10.1 Å². The van der Waals surface area contributed by atoms with Crippen LogP contribution in [-0.2, 0) is 18.4 Å². The van der Waals surface area contributed by atoms with Gasteiger partial charge in [0.25, 0.3) is 0 Å². The van der Waals surface area contributed by atoms with Crippen LogP contribution in [0.5, 0.6) is 5.75 Å². The maximum atomic E-state index is 12.2. The highest BCUT2D eigenvalue weighted by Crippen LogP contribution is 2.18. The lowest BCUT2D eigenvalue weighted by Crippen LogP contribution is -2.28. The predicted octanol–water partition coefficient (Wildman–Crippen LogP) is 3.67. The van der Waals surface area contributed by atoms with E-state index in [0.717, 1.165) is 11.3 Å². The lowest BCUT2D eigenvalue weighted by atomic mass is 10.1. The zero-order valence-electron chi connectivity index (χ0n) is 16.3. The first kappa shape index (κ1) is 19.9. The zero-order chi connectivity index (χ0) is 19.9. The fourth-order valence-electron chi connectivity index (χ4n) is 2.62. The van der Waals surface area contributed by atoms with Crippen molar-refractivity contribution < 1.29 is 9.53 Å². The highest BCUT2D eigenvalue weighted by atomic mass is 32.2. The number of rotatable bonds is 8. The van der Waals surface area contributed by atoms with Gasteiger partial charge in [-0.15, -0.1) is 10.2 Å². The Balaban J connectivity index is 1.49.